The average molecular weight is 332 g/mol. The fourth-order valence-corrected chi connectivity index (χ4v) is 2.08. The van der Waals surface area contributed by atoms with E-state index in [1.54, 1.807) is 18.2 Å². The Balaban J connectivity index is 2.47. The minimum absolute atomic E-state index is 0.0889. The molecule has 0 heterocycles. The maximum atomic E-state index is 11.2. The molecule has 0 fully saturated rings. The van der Waals surface area contributed by atoms with Crippen LogP contribution in [0.2, 0.25) is 0 Å². The monoisotopic (exact) mass is 331 g/mol. The Labute approximate surface area is 123 Å². The largest absolute Gasteiger partial charge is 0.478 e. The van der Waals surface area contributed by atoms with Gasteiger partial charge in [-0.1, -0.05) is 15.9 Å². The molecule has 0 saturated heterocycles. The van der Waals surface area contributed by atoms with Crippen molar-refractivity contribution in [1.82, 2.24) is 0 Å². The van der Waals surface area contributed by atoms with E-state index in [1.807, 2.05) is 6.07 Å². The Morgan fingerprint density at radius 2 is 2.00 bits per heavy atom. The minimum atomic E-state index is -1.07. The van der Waals surface area contributed by atoms with Gasteiger partial charge in [-0.3, -0.25) is 0 Å². The smallest absolute Gasteiger partial charge is 0.337 e. The molecule has 0 atom stereocenters. The van der Waals surface area contributed by atoms with Gasteiger partial charge in [0.25, 0.3) is 0 Å². The van der Waals surface area contributed by atoms with Crippen molar-refractivity contribution in [1.29, 1.82) is 5.26 Å². The summed E-state index contributed by atoms with van der Waals surface area (Å²) in [4.78, 5) is 11.2. The first-order valence-electron chi connectivity index (χ1n) is 5.61. The van der Waals surface area contributed by atoms with E-state index in [2.05, 4.69) is 21.2 Å². The molecule has 0 saturated carbocycles. The highest BCUT2D eigenvalue weighted by molar-refractivity contribution is 9.10. The molecule has 0 unspecified atom stereocenters. The van der Waals surface area contributed by atoms with Crippen LogP contribution in [0.15, 0.2) is 40.9 Å². The normalized spacial score (nSPS) is 9.80. The highest BCUT2D eigenvalue weighted by Gasteiger charge is 2.12. The second-order valence-corrected chi connectivity index (χ2v) is 4.95. The van der Waals surface area contributed by atoms with Crippen LogP contribution in [-0.4, -0.2) is 11.1 Å². The summed E-state index contributed by atoms with van der Waals surface area (Å²) >= 11 is 3.28. The van der Waals surface area contributed by atoms with Crippen molar-refractivity contribution < 1.29 is 9.90 Å². The lowest BCUT2D eigenvalue weighted by molar-refractivity contribution is 0.0698. The third kappa shape index (κ3) is 2.90. The van der Waals surface area contributed by atoms with Gasteiger partial charge in [0.1, 0.15) is 6.07 Å². The Kier molecular flexibility index (Phi) is 3.91. The van der Waals surface area contributed by atoms with Crippen molar-refractivity contribution in [3.05, 3.63) is 52.0 Å². The maximum absolute atomic E-state index is 11.2. The summed E-state index contributed by atoms with van der Waals surface area (Å²) in [6.45, 7) is 0. The number of carboxylic acids is 1. The molecular weight excluding hydrogens is 322 g/mol. The van der Waals surface area contributed by atoms with Crippen molar-refractivity contribution in [2.24, 2.45) is 0 Å². The van der Waals surface area contributed by atoms with Crippen molar-refractivity contribution in [2.45, 2.75) is 0 Å². The molecule has 0 aliphatic heterocycles. The number of carboxylic acid groups (broad SMARTS) is 1. The second-order valence-electron chi connectivity index (χ2n) is 4.04. The molecule has 2 aromatic carbocycles. The lowest BCUT2D eigenvalue weighted by Crippen LogP contribution is -2.04. The van der Waals surface area contributed by atoms with Crippen molar-refractivity contribution in [2.75, 3.05) is 11.1 Å². The number of nitrogen functional groups attached to an aromatic ring is 1. The number of nitrogens with one attached hydrogen (secondary N) is 1. The summed E-state index contributed by atoms with van der Waals surface area (Å²) in [5, 5.41) is 21.2. The number of aromatic carboxylic acids is 1. The SMILES string of the molecule is N#Cc1cc(Br)ccc1Nc1cc(N)ccc1C(=O)O. The molecular formula is C14H10BrN3O2. The number of carbonyl (C=O) groups is 1. The van der Waals surface area contributed by atoms with Crippen LogP contribution in [-0.2, 0) is 0 Å². The molecule has 4 N–H and O–H groups in total. The average Bonchev–Trinajstić information content (AvgIpc) is 2.40. The zero-order valence-electron chi connectivity index (χ0n) is 10.2. The third-order valence-electron chi connectivity index (χ3n) is 2.65. The highest BCUT2D eigenvalue weighted by Crippen LogP contribution is 2.27. The molecule has 0 aromatic heterocycles. The molecule has 0 aliphatic rings. The number of nitrogens with zero attached hydrogens (tertiary/aromatic N) is 1. The second kappa shape index (κ2) is 5.63. The lowest BCUT2D eigenvalue weighted by Gasteiger charge is -2.12. The number of rotatable bonds is 3. The molecule has 100 valence electrons. The van der Waals surface area contributed by atoms with Gasteiger partial charge in [0.05, 0.1) is 22.5 Å². The summed E-state index contributed by atoms with van der Waals surface area (Å²) in [5.41, 5.74) is 7.46. The van der Waals surface area contributed by atoms with E-state index < -0.39 is 5.97 Å². The summed E-state index contributed by atoms with van der Waals surface area (Å²) in [7, 11) is 0. The Bertz CT molecular complexity index is 723. The van der Waals surface area contributed by atoms with Crippen LogP contribution in [0.25, 0.3) is 0 Å². The lowest BCUT2D eigenvalue weighted by atomic mass is 10.1. The standard InChI is InChI=1S/C14H10BrN3O2/c15-9-1-4-12(8(5-9)7-16)18-13-6-10(17)2-3-11(13)14(19)20/h1-6,18H,17H2,(H,19,20). The van der Waals surface area contributed by atoms with Gasteiger partial charge in [-0.2, -0.15) is 5.26 Å². The predicted molar refractivity (Wildman–Crippen MR) is 80.0 cm³/mol. The summed E-state index contributed by atoms with van der Waals surface area (Å²) in [6, 6.07) is 11.6. The van der Waals surface area contributed by atoms with Gasteiger partial charge in [-0.05, 0) is 36.4 Å². The minimum Gasteiger partial charge on any atom is -0.478 e. The van der Waals surface area contributed by atoms with Crippen LogP contribution < -0.4 is 11.1 Å². The number of nitrogens with two attached hydrogens (primary N) is 1. The van der Waals surface area contributed by atoms with E-state index in [-0.39, 0.29) is 5.56 Å². The van der Waals surface area contributed by atoms with Gasteiger partial charge >= 0.3 is 5.97 Å². The first-order chi connectivity index (χ1) is 9.51. The molecule has 0 radical (unpaired) electrons. The van der Waals surface area contributed by atoms with E-state index in [9.17, 15) is 4.79 Å². The first-order valence-corrected chi connectivity index (χ1v) is 6.40. The fourth-order valence-electron chi connectivity index (χ4n) is 1.71. The number of nitriles is 1. The Morgan fingerprint density at radius 3 is 2.65 bits per heavy atom. The molecule has 2 aromatic rings. The van der Waals surface area contributed by atoms with Gasteiger partial charge in [-0.15, -0.1) is 0 Å². The molecule has 20 heavy (non-hydrogen) atoms. The maximum Gasteiger partial charge on any atom is 0.337 e. The Hall–Kier alpha value is -2.52. The quantitative estimate of drug-likeness (QED) is 0.749. The zero-order chi connectivity index (χ0) is 14.7. The van der Waals surface area contributed by atoms with Crippen molar-refractivity contribution in [3.63, 3.8) is 0 Å². The van der Waals surface area contributed by atoms with Gasteiger partial charge in [-0.25, -0.2) is 4.79 Å². The zero-order valence-corrected chi connectivity index (χ0v) is 11.8. The third-order valence-corrected chi connectivity index (χ3v) is 3.14. The van der Waals surface area contributed by atoms with Gasteiger partial charge in [0.15, 0.2) is 0 Å². The van der Waals surface area contributed by atoms with Crippen molar-refractivity contribution in [3.8, 4) is 6.07 Å². The van der Waals surface area contributed by atoms with Crippen LogP contribution in [0.3, 0.4) is 0 Å². The van der Waals surface area contributed by atoms with Crippen LogP contribution in [0.4, 0.5) is 17.1 Å². The molecule has 6 heteroatoms. The Morgan fingerprint density at radius 1 is 1.25 bits per heavy atom. The van der Waals surface area contributed by atoms with Crippen LogP contribution in [0, 0.1) is 11.3 Å². The van der Waals surface area contributed by atoms with Crippen LogP contribution in [0.1, 0.15) is 15.9 Å². The molecule has 0 aliphatic carbocycles. The van der Waals surface area contributed by atoms with E-state index in [4.69, 9.17) is 16.1 Å². The number of hydrogen-bond donors (Lipinski definition) is 3. The van der Waals surface area contributed by atoms with E-state index in [0.717, 1.165) is 4.47 Å². The molecule has 2 rings (SSSR count). The van der Waals surface area contributed by atoms with Gasteiger partial charge < -0.3 is 16.2 Å². The number of halogens is 1. The van der Waals surface area contributed by atoms with Crippen LogP contribution >= 0.6 is 15.9 Å². The summed E-state index contributed by atoms with van der Waals surface area (Å²) in [6.07, 6.45) is 0. The predicted octanol–water partition coefficient (Wildman–Crippen LogP) is 3.34. The molecule has 0 amide bonds. The topological polar surface area (TPSA) is 99.1 Å². The van der Waals surface area contributed by atoms with Gasteiger partial charge in [0.2, 0.25) is 0 Å². The summed E-state index contributed by atoms with van der Waals surface area (Å²) in [5.74, 6) is -1.07. The number of benzene rings is 2. The van der Waals surface area contributed by atoms with Crippen LogP contribution in [0.5, 0.6) is 0 Å². The first kappa shape index (κ1) is 13.9. The van der Waals surface area contributed by atoms with Crippen molar-refractivity contribution >= 4 is 39.0 Å². The van der Waals surface area contributed by atoms with E-state index in [1.165, 1.54) is 18.2 Å². The van der Waals surface area contributed by atoms with Gasteiger partial charge in [0, 0.05) is 10.2 Å². The summed E-state index contributed by atoms with van der Waals surface area (Å²) < 4.78 is 0.769. The molecule has 5 nitrogen and oxygen atoms in total. The number of hydrogen-bond acceptors (Lipinski definition) is 4. The van der Waals surface area contributed by atoms with E-state index in [0.29, 0.717) is 22.6 Å². The van der Waals surface area contributed by atoms with E-state index >= 15 is 0 Å². The highest BCUT2D eigenvalue weighted by atomic mass is 79.9. The molecule has 0 bridgehead atoms. The fraction of sp³-hybridized carbons (Fsp3) is 0. The number of anilines is 3. The molecule has 0 spiro atoms.